The lowest BCUT2D eigenvalue weighted by Gasteiger charge is -2.14. The number of nitrogens with zero attached hydrogens (tertiary/aromatic N) is 1. The number of carboxylic acid groups (broad SMARTS) is 1. The topological polar surface area (TPSA) is 80.6 Å². The minimum absolute atomic E-state index is 0.0104. The second-order valence-electron chi connectivity index (χ2n) is 6.32. The number of hydrogen-bond donors (Lipinski definition) is 2. The van der Waals surface area contributed by atoms with Gasteiger partial charge in [-0.3, -0.25) is 4.79 Å². The molecule has 0 bridgehead atoms. The van der Waals surface area contributed by atoms with Crippen molar-refractivity contribution >= 4 is 28.5 Å². The van der Waals surface area contributed by atoms with E-state index in [-0.39, 0.29) is 19.1 Å². The summed E-state index contributed by atoms with van der Waals surface area (Å²) in [4.78, 5) is 22.0. The molecule has 2 N–H and O–H groups in total. The number of Topliss-reactive ketones (excluding diaryl/α,β-unsaturated/α-hetero) is 1. The van der Waals surface area contributed by atoms with Gasteiger partial charge in [0.05, 0.1) is 12.1 Å². The summed E-state index contributed by atoms with van der Waals surface area (Å²) < 4.78 is 20.4. The van der Waals surface area contributed by atoms with E-state index in [9.17, 15) is 14.0 Å². The third-order valence-corrected chi connectivity index (χ3v) is 4.17. The van der Waals surface area contributed by atoms with Gasteiger partial charge in [-0.15, -0.1) is 0 Å². The molecule has 3 rings (SSSR count). The van der Waals surface area contributed by atoms with Gasteiger partial charge in [-0.1, -0.05) is 12.1 Å². The molecule has 1 heterocycles. The van der Waals surface area contributed by atoms with Gasteiger partial charge in [0.2, 0.25) is 0 Å². The molecule has 7 heteroatoms. The zero-order chi connectivity index (χ0) is 19.6. The Morgan fingerprint density at radius 2 is 1.96 bits per heavy atom. The van der Waals surface area contributed by atoms with E-state index in [2.05, 4.69) is 10.1 Å². The molecule has 0 fully saturated rings. The van der Waals surface area contributed by atoms with Gasteiger partial charge in [-0.25, -0.2) is 9.18 Å². The highest BCUT2D eigenvalue weighted by atomic mass is 19.1. The number of aromatic nitrogens is 1. The summed E-state index contributed by atoms with van der Waals surface area (Å²) in [6.07, 6.45) is 0.246. The van der Waals surface area contributed by atoms with Crippen LogP contribution in [-0.2, 0) is 16.3 Å². The molecular weight excluding hydrogens is 351 g/mol. The first-order chi connectivity index (χ1) is 12.8. The first-order valence-corrected chi connectivity index (χ1v) is 8.33. The molecule has 140 valence electrons. The Balaban J connectivity index is 2.11. The molecule has 27 heavy (non-hydrogen) atoms. The molecule has 2 aromatic carbocycles. The first kappa shape index (κ1) is 18.4. The van der Waals surface area contributed by atoms with Crippen LogP contribution in [-0.4, -0.2) is 28.2 Å². The van der Waals surface area contributed by atoms with Crippen molar-refractivity contribution in [2.75, 3.05) is 11.9 Å². The van der Waals surface area contributed by atoms with Gasteiger partial charge >= 0.3 is 6.16 Å². The Kier molecular flexibility index (Phi) is 5.12. The Bertz CT molecular complexity index is 1030. The fraction of sp³-hybridized carbons (Fsp3) is 0.200. The number of hydrogen-bond acceptors (Lipinski definition) is 4. The number of anilines is 1. The molecule has 0 aliphatic heterocycles. The maximum atomic E-state index is 14.3. The van der Waals surface area contributed by atoms with Crippen molar-refractivity contribution in [3.8, 4) is 11.1 Å². The van der Waals surface area contributed by atoms with Crippen molar-refractivity contribution < 1.29 is 23.8 Å². The Morgan fingerprint density at radius 1 is 1.19 bits per heavy atom. The van der Waals surface area contributed by atoms with Crippen LogP contribution in [0.5, 0.6) is 0 Å². The molecule has 0 unspecified atom stereocenters. The van der Waals surface area contributed by atoms with Crippen LogP contribution in [0.2, 0.25) is 0 Å². The normalized spacial score (nSPS) is 10.8. The maximum absolute atomic E-state index is 14.3. The summed E-state index contributed by atoms with van der Waals surface area (Å²) in [6.45, 7) is 3.36. The molecule has 0 aliphatic rings. The van der Waals surface area contributed by atoms with E-state index in [0.717, 1.165) is 22.2 Å². The minimum atomic E-state index is -1.40. The van der Waals surface area contributed by atoms with Crippen LogP contribution in [0, 0.1) is 12.7 Å². The Morgan fingerprint density at radius 3 is 2.67 bits per heavy atom. The number of nitrogens with one attached hydrogen (secondary N) is 1. The number of halogens is 1. The van der Waals surface area contributed by atoms with Gasteiger partial charge in [-0.2, -0.15) is 0 Å². The van der Waals surface area contributed by atoms with Crippen LogP contribution in [0.4, 0.5) is 14.9 Å². The van der Waals surface area contributed by atoms with Crippen LogP contribution >= 0.6 is 0 Å². The molecule has 0 spiro atoms. The molecule has 0 saturated heterocycles. The van der Waals surface area contributed by atoms with Gasteiger partial charge in [0.25, 0.3) is 0 Å². The lowest BCUT2D eigenvalue weighted by molar-refractivity contribution is -0.115. The SMILES string of the molecule is CC(=O)CNc1cc(C)ccc1-c1cc(F)cc2c1ccn2COC(=O)O. The number of ether oxygens (including phenoxy) is 1. The fourth-order valence-electron chi connectivity index (χ4n) is 2.98. The number of rotatable bonds is 6. The summed E-state index contributed by atoms with van der Waals surface area (Å²) >= 11 is 0. The first-order valence-electron chi connectivity index (χ1n) is 8.33. The summed E-state index contributed by atoms with van der Waals surface area (Å²) in [6, 6.07) is 10.2. The average molecular weight is 370 g/mol. The highest BCUT2D eigenvalue weighted by Gasteiger charge is 2.14. The Labute approximate surface area is 155 Å². The largest absolute Gasteiger partial charge is 0.507 e. The summed E-state index contributed by atoms with van der Waals surface area (Å²) in [5.74, 6) is -0.463. The van der Waals surface area contributed by atoms with Gasteiger partial charge < -0.3 is 19.7 Å². The second kappa shape index (κ2) is 7.49. The maximum Gasteiger partial charge on any atom is 0.507 e. The number of carbonyl (C=O) groups is 2. The van der Waals surface area contributed by atoms with Crippen LogP contribution in [0.25, 0.3) is 22.0 Å². The molecule has 0 radical (unpaired) electrons. The number of carbonyl (C=O) groups excluding carboxylic acids is 1. The van der Waals surface area contributed by atoms with E-state index in [0.29, 0.717) is 11.1 Å². The third-order valence-electron chi connectivity index (χ3n) is 4.17. The predicted molar refractivity (Wildman–Crippen MR) is 100 cm³/mol. The zero-order valence-corrected chi connectivity index (χ0v) is 15.0. The van der Waals surface area contributed by atoms with Gasteiger partial charge in [-0.05, 0) is 49.2 Å². The summed E-state index contributed by atoms with van der Waals surface area (Å²) in [7, 11) is 0. The van der Waals surface area contributed by atoms with E-state index in [1.54, 1.807) is 12.3 Å². The van der Waals surface area contributed by atoms with Crippen molar-refractivity contribution in [2.24, 2.45) is 0 Å². The number of aryl methyl sites for hydroxylation is 1. The smallest absolute Gasteiger partial charge is 0.450 e. The molecule has 0 aliphatic carbocycles. The Hall–Kier alpha value is -3.35. The summed E-state index contributed by atoms with van der Waals surface area (Å²) in [5, 5.41) is 12.5. The molecule has 3 aromatic rings. The van der Waals surface area contributed by atoms with Crippen molar-refractivity contribution in [2.45, 2.75) is 20.6 Å². The van der Waals surface area contributed by atoms with E-state index in [1.807, 2.05) is 25.1 Å². The lowest BCUT2D eigenvalue weighted by atomic mass is 9.98. The molecule has 6 nitrogen and oxygen atoms in total. The number of ketones is 1. The molecule has 0 amide bonds. The molecule has 0 saturated carbocycles. The number of benzene rings is 2. The molecule has 0 atom stereocenters. The highest BCUT2D eigenvalue weighted by molar-refractivity contribution is 5.99. The van der Waals surface area contributed by atoms with Gasteiger partial charge in [0.15, 0.2) is 6.73 Å². The van der Waals surface area contributed by atoms with Gasteiger partial charge in [0.1, 0.15) is 11.6 Å². The van der Waals surface area contributed by atoms with Crippen molar-refractivity contribution in [1.82, 2.24) is 4.57 Å². The average Bonchev–Trinajstić information content (AvgIpc) is 3.00. The van der Waals surface area contributed by atoms with Crippen LogP contribution in [0.15, 0.2) is 42.6 Å². The van der Waals surface area contributed by atoms with Crippen molar-refractivity contribution in [3.05, 3.63) is 54.0 Å². The van der Waals surface area contributed by atoms with E-state index < -0.39 is 12.0 Å². The zero-order valence-electron chi connectivity index (χ0n) is 15.0. The van der Waals surface area contributed by atoms with Gasteiger partial charge in [0, 0.05) is 22.8 Å². The van der Waals surface area contributed by atoms with Crippen LogP contribution < -0.4 is 5.32 Å². The van der Waals surface area contributed by atoms with E-state index >= 15 is 0 Å². The van der Waals surface area contributed by atoms with E-state index in [4.69, 9.17) is 5.11 Å². The van der Waals surface area contributed by atoms with Crippen LogP contribution in [0.1, 0.15) is 12.5 Å². The van der Waals surface area contributed by atoms with Crippen molar-refractivity contribution in [1.29, 1.82) is 0 Å². The standard InChI is InChI=1S/C20H19FN2O4/c1-12-3-4-15(18(7-12)22-10-13(2)24)17-8-14(21)9-19-16(17)5-6-23(19)11-27-20(25)26/h3-9,22H,10-11H2,1-2H3,(H,25,26). The fourth-order valence-corrected chi connectivity index (χ4v) is 2.98. The predicted octanol–water partition coefficient (Wildman–Crippen LogP) is 4.41. The number of fused-ring (bicyclic) bond motifs is 1. The molecule has 1 aromatic heterocycles. The second-order valence-corrected chi connectivity index (χ2v) is 6.32. The van der Waals surface area contributed by atoms with Crippen molar-refractivity contribution in [3.63, 3.8) is 0 Å². The quantitative estimate of drug-likeness (QED) is 0.628. The minimum Gasteiger partial charge on any atom is -0.450 e. The summed E-state index contributed by atoms with van der Waals surface area (Å²) in [5.41, 5.74) is 3.65. The lowest BCUT2D eigenvalue weighted by Crippen LogP contribution is -2.10. The third kappa shape index (κ3) is 4.08. The highest BCUT2D eigenvalue weighted by Crippen LogP contribution is 2.35. The van der Waals surface area contributed by atoms with E-state index in [1.165, 1.54) is 23.6 Å². The van der Waals surface area contributed by atoms with Crippen LogP contribution in [0.3, 0.4) is 0 Å². The molecular formula is C20H19FN2O4. The monoisotopic (exact) mass is 370 g/mol.